The lowest BCUT2D eigenvalue weighted by atomic mass is 9.94. The van der Waals surface area contributed by atoms with Crippen molar-refractivity contribution in [2.45, 2.75) is 37.9 Å². The Bertz CT molecular complexity index is 213. The fraction of sp³-hybridized carbons (Fsp3) is 1.00. The lowest BCUT2D eigenvalue weighted by molar-refractivity contribution is 0.0902. The third-order valence-electron chi connectivity index (χ3n) is 4.17. The van der Waals surface area contributed by atoms with Crippen molar-refractivity contribution < 1.29 is 0 Å². The van der Waals surface area contributed by atoms with Crippen molar-refractivity contribution in [1.29, 1.82) is 0 Å². The van der Waals surface area contributed by atoms with E-state index in [0.29, 0.717) is 18.1 Å². The van der Waals surface area contributed by atoms with Crippen LogP contribution in [-0.4, -0.2) is 67.7 Å². The molecule has 0 aromatic rings. The molecule has 0 amide bonds. The summed E-state index contributed by atoms with van der Waals surface area (Å²) < 4.78 is 0. The first kappa shape index (κ1) is 12.3. The number of rotatable bonds is 2. The topological polar surface area (TPSA) is 44.5 Å². The van der Waals surface area contributed by atoms with Crippen molar-refractivity contribution in [2.24, 2.45) is 5.73 Å². The second kappa shape index (κ2) is 5.45. The van der Waals surface area contributed by atoms with Crippen molar-refractivity contribution in [3.8, 4) is 0 Å². The van der Waals surface area contributed by atoms with Crippen molar-refractivity contribution in [1.82, 2.24) is 15.1 Å². The summed E-state index contributed by atoms with van der Waals surface area (Å²) in [7, 11) is 2.21. The van der Waals surface area contributed by atoms with E-state index in [1.165, 1.54) is 26.2 Å². The van der Waals surface area contributed by atoms with E-state index in [2.05, 4.69) is 29.1 Å². The van der Waals surface area contributed by atoms with Crippen molar-refractivity contribution >= 4 is 0 Å². The second-order valence-electron chi connectivity index (χ2n) is 5.42. The van der Waals surface area contributed by atoms with Crippen LogP contribution < -0.4 is 11.1 Å². The SMILES string of the molecule is CC(C1CC(N)CCN1)N1CCN(C)CC1. The highest BCUT2D eigenvalue weighted by atomic mass is 15.3. The zero-order chi connectivity index (χ0) is 11.5. The minimum absolute atomic E-state index is 0.404. The maximum atomic E-state index is 6.05. The minimum atomic E-state index is 0.404. The second-order valence-corrected chi connectivity index (χ2v) is 5.42. The molecule has 2 rings (SSSR count). The number of nitrogens with one attached hydrogen (secondary N) is 1. The van der Waals surface area contributed by atoms with Gasteiger partial charge >= 0.3 is 0 Å². The van der Waals surface area contributed by atoms with Gasteiger partial charge in [-0.1, -0.05) is 0 Å². The van der Waals surface area contributed by atoms with Crippen LogP contribution in [0.3, 0.4) is 0 Å². The van der Waals surface area contributed by atoms with E-state index in [1.54, 1.807) is 0 Å². The summed E-state index contributed by atoms with van der Waals surface area (Å²) in [5.41, 5.74) is 6.05. The summed E-state index contributed by atoms with van der Waals surface area (Å²) in [5.74, 6) is 0. The Kier molecular flexibility index (Phi) is 4.19. The molecule has 2 saturated heterocycles. The van der Waals surface area contributed by atoms with Gasteiger partial charge in [-0.3, -0.25) is 4.90 Å². The number of piperidine rings is 1. The molecule has 0 aliphatic carbocycles. The van der Waals surface area contributed by atoms with Gasteiger partial charge in [0.15, 0.2) is 0 Å². The molecule has 2 heterocycles. The van der Waals surface area contributed by atoms with Crippen LogP contribution in [0.1, 0.15) is 19.8 Å². The molecule has 0 aromatic carbocycles. The Balaban J connectivity index is 1.84. The highest BCUT2D eigenvalue weighted by Crippen LogP contribution is 2.15. The molecule has 0 bridgehead atoms. The van der Waals surface area contributed by atoms with Gasteiger partial charge in [-0.05, 0) is 33.4 Å². The molecule has 2 aliphatic rings. The maximum absolute atomic E-state index is 6.05. The predicted molar refractivity (Wildman–Crippen MR) is 67.5 cm³/mol. The van der Waals surface area contributed by atoms with E-state index in [1.807, 2.05) is 0 Å². The summed E-state index contributed by atoms with van der Waals surface area (Å²) in [6, 6.07) is 1.62. The monoisotopic (exact) mass is 226 g/mol. The van der Waals surface area contributed by atoms with E-state index >= 15 is 0 Å². The third-order valence-corrected chi connectivity index (χ3v) is 4.17. The molecule has 2 aliphatic heterocycles. The molecule has 3 unspecified atom stereocenters. The first-order valence-electron chi connectivity index (χ1n) is 6.58. The fourth-order valence-corrected chi connectivity index (χ4v) is 2.83. The van der Waals surface area contributed by atoms with E-state index in [9.17, 15) is 0 Å². The average molecular weight is 226 g/mol. The maximum Gasteiger partial charge on any atom is 0.0235 e. The van der Waals surface area contributed by atoms with E-state index in [0.717, 1.165) is 19.4 Å². The molecule has 4 nitrogen and oxygen atoms in total. The van der Waals surface area contributed by atoms with Gasteiger partial charge in [0.05, 0.1) is 0 Å². The Morgan fingerprint density at radius 2 is 1.94 bits per heavy atom. The zero-order valence-corrected chi connectivity index (χ0v) is 10.7. The Morgan fingerprint density at radius 1 is 1.25 bits per heavy atom. The van der Waals surface area contributed by atoms with Gasteiger partial charge in [-0.2, -0.15) is 0 Å². The first-order valence-corrected chi connectivity index (χ1v) is 6.58. The molecule has 4 heteroatoms. The van der Waals surface area contributed by atoms with Gasteiger partial charge in [0.25, 0.3) is 0 Å². The average Bonchev–Trinajstić information content (AvgIpc) is 2.29. The van der Waals surface area contributed by atoms with Crippen LogP contribution in [0.5, 0.6) is 0 Å². The normalized spacial score (nSPS) is 36.2. The van der Waals surface area contributed by atoms with Crippen LogP contribution in [-0.2, 0) is 0 Å². The molecular formula is C12H26N4. The highest BCUT2D eigenvalue weighted by Gasteiger charge is 2.28. The standard InChI is InChI=1S/C12H26N4/c1-10(12-9-11(13)3-4-14-12)16-7-5-15(2)6-8-16/h10-12,14H,3-9,13H2,1-2H3. The van der Waals surface area contributed by atoms with Gasteiger partial charge in [0.2, 0.25) is 0 Å². The van der Waals surface area contributed by atoms with Crippen LogP contribution in [0, 0.1) is 0 Å². The van der Waals surface area contributed by atoms with Crippen LogP contribution in [0.2, 0.25) is 0 Å². The van der Waals surface area contributed by atoms with Crippen LogP contribution in [0.15, 0.2) is 0 Å². The van der Waals surface area contributed by atoms with Crippen LogP contribution in [0.25, 0.3) is 0 Å². The molecule has 2 fully saturated rings. The zero-order valence-electron chi connectivity index (χ0n) is 10.7. The quantitative estimate of drug-likeness (QED) is 0.679. The molecule has 3 atom stereocenters. The lowest BCUT2D eigenvalue weighted by Gasteiger charge is -2.42. The fourth-order valence-electron chi connectivity index (χ4n) is 2.83. The van der Waals surface area contributed by atoms with Crippen LogP contribution in [0.4, 0.5) is 0 Å². The van der Waals surface area contributed by atoms with Crippen molar-refractivity contribution in [3.63, 3.8) is 0 Å². The van der Waals surface area contributed by atoms with E-state index in [-0.39, 0.29) is 0 Å². The molecule has 0 saturated carbocycles. The number of piperazine rings is 1. The predicted octanol–water partition coefficient (Wildman–Crippen LogP) is -0.298. The molecule has 94 valence electrons. The Hall–Kier alpha value is -0.160. The van der Waals surface area contributed by atoms with E-state index in [4.69, 9.17) is 5.73 Å². The van der Waals surface area contributed by atoms with Gasteiger partial charge in [-0.15, -0.1) is 0 Å². The van der Waals surface area contributed by atoms with Gasteiger partial charge < -0.3 is 16.0 Å². The summed E-state index contributed by atoms with van der Waals surface area (Å²) >= 11 is 0. The summed E-state index contributed by atoms with van der Waals surface area (Å²) in [4.78, 5) is 5.01. The molecule has 16 heavy (non-hydrogen) atoms. The number of nitrogens with zero attached hydrogens (tertiary/aromatic N) is 2. The smallest absolute Gasteiger partial charge is 0.0235 e. The Labute approximate surface area is 99.2 Å². The van der Waals surface area contributed by atoms with Gasteiger partial charge in [-0.25, -0.2) is 0 Å². The molecule has 0 spiro atoms. The minimum Gasteiger partial charge on any atom is -0.328 e. The Morgan fingerprint density at radius 3 is 2.56 bits per heavy atom. The molecule has 0 radical (unpaired) electrons. The molecular weight excluding hydrogens is 200 g/mol. The number of likely N-dealkylation sites (N-methyl/N-ethyl adjacent to an activating group) is 1. The molecule has 3 N–H and O–H groups in total. The number of hydrogen-bond acceptors (Lipinski definition) is 4. The summed E-state index contributed by atoms with van der Waals surface area (Å²) in [6.45, 7) is 8.23. The first-order chi connectivity index (χ1) is 7.66. The summed E-state index contributed by atoms with van der Waals surface area (Å²) in [5, 5.41) is 3.62. The van der Waals surface area contributed by atoms with Crippen molar-refractivity contribution in [3.05, 3.63) is 0 Å². The third kappa shape index (κ3) is 2.94. The van der Waals surface area contributed by atoms with Gasteiger partial charge in [0, 0.05) is 44.3 Å². The van der Waals surface area contributed by atoms with Crippen LogP contribution >= 0.6 is 0 Å². The number of hydrogen-bond donors (Lipinski definition) is 2. The lowest BCUT2D eigenvalue weighted by Crippen LogP contribution is -2.57. The molecule has 0 aromatic heterocycles. The van der Waals surface area contributed by atoms with E-state index < -0.39 is 0 Å². The summed E-state index contributed by atoms with van der Waals surface area (Å²) in [6.07, 6.45) is 2.26. The number of nitrogens with two attached hydrogens (primary N) is 1. The van der Waals surface area contributed by atoms with Gasteiger partial charge in [0.1, 0.15) is 0 Å². The largest absolute Gasteiger partial charge is 0.328 e. The van der Waals surface area contributed by atoms with Crippen molar-refractivity contribution in [2.75, 3.05) is 39.8 Å². The highest BCUT2D eigenvalue weighted by molar-refractivity contribution is 4.89.